The minimum atomic E-state index is 0.466. The molecule has 0 amide bonds. The lowest BCUT2D eigenvalue weighted by molar-refractivity contribution is 0.268. The highest BCUT2D eigenvalue weighted by Crippen LogP contribution is 2.32. The van der Waals surface area contributed by atoms with Gasteiger partial charge in [0.05, 0.1) is 0 Å². The van der Waals surface area contributed by atoms with Crippen molar-refractivity contribution < 1.29 is 0 Å². The maximum Gasteiger partial charge on any atom is -0.0185 e. The number of allylic oxidation sites excluding steroid dienone is 2. The van der Waals surface area contributed by atoms with E-state index in [0.717, 1.165) is 5.92 Å². The first-order chi connectivity index (χ1) is 5.61. The molecule has 12 heavy (non-hydrogen) atoms. The molecule has 0 heteroatoms. The van der Waals surface area contributed by atoms with Crippen LogP contribution in [0.3, 0.4) is 0 Å². The molecule has 0 aromatic carbocycles. The van der Waals surface area contributed by atoms with Gasteiger partial charge >= 0.3 is 0 Å². The van der Waals surface area contributed by atoms with Crippen molar-refractivity contribution in [2.24, 2.45) is 11.3 Å². The summed E-state index contributed by atoms with van der Waals surface area (Å²) in [7, 11) is 0. The summed E-state index contributed by atoms with van der Waals surface area (Å²) in [6.45, 7) is 7.05. The molecule has 1 unspecified atom stereocenters. The van der Waals surface area contributed by atoms with Crippen molar-refractivity contribution in [2.45, 2.75) is 52.9 Å². The Kier molecular flexibility index (Phi) is 3.37. The van der Waals surface area contributed by atoms with Gasteiger partial charge in [0, 0.05) is 0 Å². The number of hydrogen-bond donors (Lipinski definition) is 0. The van der Waals surface area contributed by atoms with E-state index in [4.69, 9.17) is 0 Å². The number of rotatable bonds is 0. The largest absolute Gasteiger partial charge is 0.0882 e. The van der Waals surface area contributed by atoms with Crippen molar-refractivity contribution in [3.05, 3.63) is 12.2 Å². The van der Waals surface area contributed by atoms with Gasteiger partial charge in [0.1, 0.15) is 0 Å². The second kappa shape index (κ2) is 4.11. The van der Waals surface area contributed by atoms with Crippen LogP contribution >= 0.6 is 0 Å². The molecule has 0 spiro atoms. The van der Waals surface area contributed by atoms with Crippen molar-refractivity contribution in [2.75, 3.05) is 0 Å². The predicted molar refractivity (Wildman–Crippen MR) is 55.2 cm³/mol. The second-order valence-electron chi connectivity index (χ2n) is 5.04. The van der Waals surface area contributed by atoms with Gasteiger partial charge in [-0.1, -0.05) is 45.8 Å². The molecule has 0 aliphatic heterocycles. The van der Waals surface area contributed by atoms with E-state index in [0.29, 0.717) is 5.41 Å². The summed E-state index contributed by atoms with van der Waals surface area (Å²) in [5.74, 6) is 0.804. The molecule has 0 aromatic heterocycles. The topological polar surface area (TPSA) is 0 Å². The summed E-state index contributed by atoms with van der Waals surface area (Å²) in [6.07, 6.45) is 11.8. The van der Waals surface area contributed by atoms with E-state index >= 15 is 0 Å². The van der Waals surface area contributed by atoms with Gasteiger partial charge in [-0.05, 0) is 30.6 Å². The van der Waals surface area contributed by atoms with Crippen LogP contribution in [0.25, 0.3) is 0 Å². The molecular formula is C12H22. The SMILES string of the molecule is CC(C)(C)C1/C=C\CCCCC1. The Morgan fingerprint density at radius 1 is 1.08 bits per heavy atom. The Labute approximate surface area is 77.1 Å². The van der Waals surface area contributed by atoms with E-state index in [9.17, 15) is 0 Å². The first kappa shape index (κ1) is 9.83. The fourth-order valence-corrected chi connectivity index (χ4v) is 1.88. The molecule has 0 N–H and O–H groups in total. The van der Waals surface area contributed by atoms with Crippen LogP contribution in [-0.2, 0) is 0 Å². The molecule has 0 bridgehead atoms. The van der Waals surface area contributed by atoms with Crippen LogP contribution in [-0.4, -0.2) is 0 Å². The minimum Gasteiger partial charge on any atom is -0.0882 e. The first-order valence-corrected chi connectivity index (χ1v) is 5.27. The molecule has 0 aromatic rings. The lowest BCUT2D eigenvalue weighted by Gasteiger charge is -2.29. The van der Waals surface area contributed by atoms with Crippen molar-refractivity contribution in [1.82, 2.24) is 0 Å². The lowest BCUT2D eigenvalue weighted by Crippen LogP contribution is -2.18. The van der Waals surface area contributed by atoms with Gasteiger partial charge in [-0.25, -0.2) is 0 Å². The zero-order valence-corrected chi connectivity index (χ0v) is 8.77. The fraction of sp³-hybridized carbons (Fsp3) is 0.833. The Morgan fingerprint density at radius 2 is 1.83 bits per heavy atom. The standard InChI is InChI=1S/C12H22/c1-12(2,3)11-9-7-5-4-6-8-10-11/h7,9,11H,4-6,8,10H2,1-3H3/b9-7-. The van der Waals surface area contributed by atoms with Crippen molar-refractivity contribution >= 4 is 0 Å². The van der Waals surface area contributed by atoms with Crippen molar-refractivity contribution in [1.29, 1.82) is 0 Å². The molecule has 1 rings (SSSR count). The van der Waals surface area contributed by atoms with Gasteiger partial charge in [0.15, 0.2) is 0 Å². The summed E-state index contributed by atoms with van der Waals surface area (Å²) in [4.78, 5) is 0. The average molecular weight is 166 g/mol. The second-order valence-corrected chi connectivity index (χ2v) is 5.04. The van der Waals surface area contributed by atoms with Crippen LogP contribution in [0.1, 0.15) is 52.9 Å². The molecule has 0 nitrogen and oxygen atoms in total. The normalized spacial score (nSPS) is 29.1. The third-order valence-corrected chi connectivity index (χ3v) is 2.87. The van der Waals surface area contributed by atoms with Gasteiger partial charge in [-0.2, -0.15) is 0 Å². The molecular weight excluding hydrogens is 144 g/mol. The smallest absolute Gasteiger partial charge is 0.0185 e. The van der Waals surface area contributed by atoms with Gasteiger partial charge in [-0.15, -0.1) is 0 Å². The van der Waals surface area contributed by atoms with Crippen LogP contribution in [0.15, 0.2) is 12.2 Å². The lowest BCUT2D eigenvalue weighted by atomic mass is 9.77. The van der Waals surface area contributed by atoms with Crippen molar-refractivity contribution in [3.63, 3.8) is 0 Å². The van der Waals surface area contributed by atoms with E-state index in [1.165, 1.54) is 32.1 Å². The Morgan fingerprint density at radius 3 is 2.50 bits per heavy atom. The van der Waals surface area contributed by atoms with E-state index in [2.05, 4.69) is 32.9 Å². The molecule has 0 fully saturated rings. The van der Waals surface area contributed by atoms with Gasteiger partial charge in [-0.3, -0.25) is 0 Å². The Bertz CT molecular complexity index is 148. The average Bonchev–Trinajstić information content (AvgIpc) is 1.81. The van der Waals surface area contributed by atoms with Gasteiger partial charge in [0.25, 0.3) is 0 Å². The summed E-state index contributed by atoms with van der Waals surface area (Å²) < 4.78 is 0. The predicted octanol–water partition coefficient (Wildman–Crippen LogP) is 4.17. The molecule has 1 aliphatic rings. The minimum absolute atomic E-state index is 0.466. The Balaban J connectivity index is 2.55. The van der Waals surface area contributed by atoms with E-state index in [1.54, 1.807) is 0 Å². The molecule has 0 saturated carbocycles. The molecule has 1 atom stereocenters. The quantitative estimate of drug-likeness (QED) is 0.474. The number of hydrogen-bond acceptors (Lipinski definition) is 0. The maximum absolute atomic E-state index is 2.44. The van der Waals surface area contributed by atoms with E-state index in [-0.39, 0.29) is 0 Å². The van der Waals surface area contributed by atoms with Crippen LogP contribution in [0.4, 0.5) is 0 Å². The highest BCUT2D eigenvalue weighted by Gasteiger charge is 2.21. The molecule has 1 aliphatic carbocycles. The third kappa shape index (κ3) is 3.00. The van der Waals surface area contributed by atoms with Gasteiger partial charge in [0.2, 0.25) is 0 Å². The zero-order chi connectivity index (χ0) is 9.03. The highest BCUT2D eigenvalue weighted by atomic mass is 14.3. The van der Waals surface area contributed by atoms with Crippen LogP contribution in [0.5, 0.6) is 0 Å². The summed E-state index contributed by atoms with van der Waals surface area (Å²) >= 11 is 0. The monoisotopic (exact) mass is 166 g/mol. The van der Waals surface area contributed by atoms with Crippen LogP contribution in [0.2, 0.25) is 0 Å². The van der Waals surface area contributed by atoms with Crippen molar-refractivity contribution in [3.8, 4) is 0 Å². The molecule has 70 valence electrons. The van der Waals surface area contributed by atoms with Gasteiger partial charge < -0.3 is 0 Å². The summed E-state index contributed by atoms with van der Waals surface area (Å²) in [5, 5.41) is 0. The fourth-order valence-electron chi connectivity index (χ4n) is 1.88. The van der Waals surface area contributed by atoms with Crippen LogP contribution in [0, 0.1) is 11.3 Å². The summed E-state index contributed by atoms with van der Waals surface area (Å²) in [5.41, 5.74) is 0.466. The first-order valence-electron chi connectivity index (χ1n) is 5.27. The highest BCUT2D eigenvalue weighted by molar-refractivity contribution is 4.94. The summed E-state index contributed by atoms with van der Waals surface area (Å²) in [6, 6.07) is 0. The molecule has 0 radical (unpaired) electrons. The van der Waals surface area contributed by atoms with E-state index in [1.807, 2.05) is 0 Å². The van der Waals surface area contributed by atoms with E-state index < -0.39 is 0 Å². The zero-order valence-electron chi connectivity index (χ0n) is 8.77. The van der Waals surface area contributed by atoms with Crippen LogP contribution < -0.4 is 0 Å². The third-order valence-electron chi connectivity index (χ3n) is 2.87. The Hall–Kier alpha value is -0.260. The maximum atomic E-state index is 2.44. The molecule has 0 saturated heterocycles. The molecule has 0 heterocycles.